The SMILES string of the molecule is CCC[CH2][Sn]([CH2]CCC)([CH2]CCC)[C@H](C(=O)OC)[C@@H](B1OC(C)(C)C(C)(C)O1)c1ccc(C)cc1. The van der Waals surface area contributed by atoms with Crippen molar-refractivity contribution in [2.45, 2.75) is 128 Å². The molecule has 2 atom stereocenters. The van der Waals surface area contributed by atoms with Crippen LogP contribution in [0.2, 0.25) is 17.2 Å². The average molecular weight is 593 g/mol. The molecular formula is C29H51BO4Sn. The molecule has 1 aliphatic rings. The van der Waals surface area contributed by atoms with Crippen molar-refractivity contribution in [1.82, 2.24) is 0 Å². The van der Waals surface area contributed by atoms with Gasteiger partial charge in [-0.15, -0.1) is 0 Å². The van der Waals surface area contributed by atoms with Gasteiger partial charge in [0, 0.05) is 0 Å². The van der Waals surface area contributed by atoms with Crippen molar-refractivity contribution < 1.29 is 18.8 Å². The Balaban J connectivity index is 2.74. The summed E-state index contributed by atoms with van der Waals surface area (Å²) in [6, 6.07) is 8.70. The number of aryl methyl sites for hydroxylation is 1. The Labute approximate surface area is 220 Å². The first-order chi connectivity index (χ1) is 16.5. The van der Waals surface area contributed by atoms with Crippen LogP contribution in [0.1, 0.15) is 104 Å². The molecule has 1 fully saturated rings. The predicted octanol–water partition coefficient (Wildman–Crippen LogP) is 8.10. The van der Waals surface area contributed by atoms with Gasteiger partial charge in [-0.1, -0.05) is 0 Å². The molecule has 1 aromatic rings. The van der Waals surface area contributed by atoms with Crippen molar-refractivity contribution in [3.8, 4) is 0 Å². The molecule has 0 aliphatic carbocycles. The summed E-state index contributed by atoms with van der Waals surface area (Å²) in [6.07, 6.45) is 7.08. The van der Waals surface area contributed by atoms with Gasteiger partial charge in [0.1, 0.15) is 0 Å². The van der Waals surface area contributed by atoms with Crippen LogP contribution in [-0.2, 0) is 18.8 Å². The normalized spacial score (nSPS) is 18.9. The molecule has 0 saturated carbocycles. The van der Waals surface area contributed by atoms with Crippen LogP contribution in [0, 0.1) is 6.92 Å². The molecule has 0 bridgehead atoms. The summed E-state index contributed by atoms with van der Waals surface area (Å²) in [5, 5.41) is 0. The van der Waals surface area contributed by atoms with E-state index in [4.69, 9.17) is 14.0 Å². The molecule has 198 valence electrons. The van der Waals surface area contributed by atoms with E-state index in [0.717, 1.165) is 24.8 Å². The Kier molecular flexibility index (Phi) is 11.7. The molecule has 0 N–H and O–H groups in total. The van der Waals surface area contributed by atoms with E-state index in [-0.39, 0.29) is 15.7 Å². The Morgan fingerprint density at radius 1 is 0.886 bits per heavy atom. The van der Waals surface area contributed by atoms with E-state index in [9.17, 15) is 4.79 Å². The van der Waals surface area contributed by atoms with E-state index < -0.39 is 36.7 Å². The van der Waals surface area contributed by atoms with Gasteiger partial charge in [-0.2, -0.15) is 0 Å². The van der Waals surface area contributed by atoms with E-state index in [0.29, 0.717) is 0 Å². The Bertz CT molecular complexity index is 755. The summed E-state index contributed by atoms with van der Waals surface area (Å²) < 4.78 is 22.6. The zero-order chi connectivity index (χ0) is 26.3. The Morgan fingerprint density at radius 3 is 1.69 bits per heavy atom. The monoisotopic (exact) mass is 594 g/mol. The third kappa shape index (κ3) is 7.28. The van der Waals surface area contributed by atoms with Crippen molar-refractivity contribution in [3.05, 3.63) is 35.4 Å². The van der Waals surface area contributed by atoms with Gasteiger partial charge in [0.05, 0.1) is 0 Å². The molecule has 0 unspecified atom stereocenters. The van der Waals surface area contributed by atoms with Crippen molar-refractivity contribution in [2.75, 3.05) is 7.11 Å². The molecule has 1 aliphatic heterocycles. The maximum atomic E-state index is 13.9. The summed E-state index contributed by atoms with van der Waals surface area (Å²) in [4.78, 5) is 13.9. The van der Waals surface area contributed by atoms with Crippen LogP contribution in [0.25, 0.3) is 0 Å². The van der Waals surface area contributed by atoms with Crippen molar-refractivity contribution in [2.24, 2.45) is 0 Å². The number of rotatable bonds is 14. The number of hydrogen-bond donors (Lipinski definition) is 0. The fourth-order valence-electron chi connectivity index (χ4n) is 5.66. The van der Waals surface area contributed by atoms with Gasteiger partial charge in [-0.05, 0) is 0 Å². The quantitative estimate of drug-likeness (QED) is 0.162. The number of benzene rings is 1. The van der Waals surface area contributed by atoms with Gasteiger partial charge in [-0.3, -0.25) is 0 Å². The number of unbranched alkanes of at least 4 members (excludes halogenated alkanes) is 3. The van der Waals surface area contributed by atoms with Crippen molar-refractivity contribution in [3.63, 3.8) is 0 Å². The summed E-state index contributed by atoms with van der Waals surface area (Å²) in [5.41, 5.74) is 1.47. The van der Waals surface area contributed by atoms with Crippen molar-refractivity contribution in [1.29, 1.82) is 0 Å². The molecule has 35 heavy (non-hydrogen) atoms. The third-order valence-electron chi connectivity index (χ3n) is 8.59. The Hall–Kier alpha value is -0.526. The first-order valence-electron chi connectivity index (χ1n) is 14.0. The van der Waals surface area contributed by atoms with Crippen LogP contribution in [0.3, 0.4) is 0 Å². The molecular weight excluding hydrogens is 542 g/mol. The van der Waals surface area contributed by atoms with Gasteiger partial charge in [-0.25, -0.2) is 0 Å². The zero-order valence-corrected chi connectivity index (χ0v) is 26.9. The van der Waals surface area contributed by atoms with E-state index in [1.54, 1.807) is 7.11 Å². The van der Waals surface area contributed by atoms with Crippen LogP contribution in [0.5, 0.6) is 0 Å². The number of hydrogen-bond acceptors (Lipinski definition) is 4. The molecule has 1 saturated heterocycles. The number of carbonyl (C=O) groups is 1. The molecule has 0 amide bonds. The van der Waals surface area contributed by atoms with E-state index in [2.05, 4.69) is 79.7 Å². The van der Waals surface area contributed by atoms with Gasteiger partial charge in [0.25, 0.3) is 0 Å². The second kappa shape index (κ2) is 13.3. The average Bonchev–Trinajstić information content (AvgIpc) is 3.04. The fraction of sp³-hybridized carbons (Fsp3) is 0.759. The van der Waals surface area contributed by atoms with Crippen LogP contribution in [0.15, 0.2) is 24.3 Å². The predicted molar refractivity (Wildman–Crippen MR) is 151 cm³/mol. The van der Waals surface area contributed by atoms with Gasteiger partial charge in [0.15, 0.2) is 0 Å². The molecule has 1 aromatic carbocycles. The minimum absolute atomic E-state index is 0.0376. The summed E-state index contributed by atoms with van der Waals surface area (Å²) in [7, 11) is 1.11. The van der Waals surface area contributed by atoms with Gasteiger partial charge >= 0.3 is 221 Å². The molecule has 0 radical (unpaired) electrons. The first-order valence-corrected chi connectivity index (χ1v) is 21.7. The van der Waals surface area contributed by atoms with Crippen molar-refractivity contribution >= 4 is 31.5 Å². The van der Waals surface area contributed by atoms with E-state index >= 15 is 0 Å². The summed E-state index contributed by atoms with van der Waals surface area (Å²) in [5.74, 6) is -0.185. The Morgan fingerprint density at radius 2 is 1.31 bits per heavy atom. The standard InChI is InChI=1S/C17H24BO4.3C4H9.Sn/c1-12-7-9-13(10-8-12)14(11-15(19)20-6)18-21-16(2,3)17(4,5)22-18;3*1-3-4-2;/h7-11,14H,1-6H3;3*1,3-4H2,2H3;/t14-;;;;/m1..../s1. The van der Waals surface area contributed by atoms with E-state index in [1.807, 2.05) is 0 Å². The molecule has 2 rings (SSSR count). The van der Waals surface area contributed by atoms with Crippen LogP contribution < -0.4 is 0 Å². The molecule has 6 heteroatoms. The maximum absolute atomic E-state index is 13.9. The molecule has 1 heterocycles. The first kappa shape index (κ1) is 30.7. The number of methoxy groups -OCH3 is 1. The van der Waals surface area contributed by atoms with Crippen LogP contribution in [-0.4, -0.2) is 49.8 Å². The second-order valence-electron chi connectivity index (χ2n) is 11.7. The number of carbonyl (C=O) groups excluding carboxylic acids is 1. The van der Waals surface area contributed by atoms with Gasteiger partial charge in [0.2, 0.25) is 0 Å². The van der Waals surface area contributed by atoms with E-state index in [1.165, 1.54) is 38.1 Å². The van der Waals surface area contributed by atoms with Gasteiger partial charge < -0.3 is 0 Å². The number of ether oxygens (including phenoxy) is 1. The fourth-order valence-corrected chi connectivity index (χ4v) is 24.5. The third-order valence-corrected chi connectivity index (χ3v) is 25.6. The number of esters is 1. The molecule has 0 aromatic heterocycles. The topological polar surface area (TPSA) is 44.8 Å². The summed E-state index contributed by atoms with van der Waals surface area (Å²) >= 11 is -3.13. The molecule has 0 spiro atoms. The minimum atomic E-state index is -3.13. The second-order valence-corrected chi connectivity index (χ2v) is 25.6. The summed E-state index contributed by atoms with van der Waals surface area (Å²) in [6.45, 7) is 17.3. The molecule has 4 nitrogen and oxygen atoms in total. The van der Waals surface area contributed by atoms with Crippen LogP contribution in [0.4, 0.5) is 0 Å². The zero-order valence-electron chi connectivity index (χ0n) is 24.0. The van der Waals surface area contributed by atoms with Crippen LogP contribution >= 0.6 is 0 Å².